The van der Waals surface area contributed by atoms with Crippen molar-refractivity contribution in [3.05, 3.63) is 65.7 Å². The monoisotopic (exact) mass is 352 g/mol. The van der Waals surface area contributed by atoms with Crippen LogP contribution < -0.4 is 10.1 Å². The second-order valence-corrected chi connectivity index (χ2v) is 6.96. The Bertz CT molecular complexity index is 694. The van der Waals surface area contributed by atoms with Crippen molar-refractivity contribution < 1.29 is 9.53 Å². The molecule has 0 atom stereocenters. The van der Waals surface area contributed by atoms with E-state index in [1.165, 1.54) is 5.56 Å². The summed E-state index contributed by atoms with van der Waals surface area (Å²) in [6, 6.07) is 18.0. The molecule has 0 aromatic heterocycles. The normalized spacial score (nSPS) is 15.6. The van der Waals surface area contributed by atoms with Crippen LogP contribution in [0.3, 0.4) is 0 Å². The number of nitrogens with zero attached hydrogens (tertiary/aromatic N) is 1. The molecular formula is C22H28N2O2. The van der Waals surface area contributed by atoms with Crippen molar-refractivity contribution in [3.8, 4) is 5.75 Å². The Morgan fingerprint density at radius 3 is 2.62 bits per heavy atom. The summed E-state index contributed by atoms with van der Waals surface area (Å²) in [4.78, 5) is 14.8. The number of hydrogen-bond acceptors (Lipinski definition) is 3. The SMILES string of the molecule is COc1cccc(C(=O)NCC2CCN(CCc3ccccc3)CC2)c1. The van der Waals surface area contributed by atoms with Crippen molar-refractivity contribution >= 4 is 5.91 Å². The van der Waals surface area contributed by atoms with Crippen LogP contribution in [0.1, 0.15) is 28.8 Å². The molecule has 0 spiro atoms. The van der Waals surface area contributed by atoms with E-state index in [1.807, 2.05) is 18.2 Å². The van der Waals surface area contributed by atoms with Gasteiger partial charge in [0.25, 0.3) is 5.91 Å². The minimum atomic E-state index is -0.0181. The molecule has 0 unspecified atom stereocenters. The molecule has 1 heterocycles. The smallest absolute Gasteiger partial charge is 0.251 e. The molecule has 4 heteroatoms. The van der Waals surface area contributed by atoms with Crippen molar-refractivity contribution in [1.82, 2.24) is 10.2 Å². The molecule has 0 radical (unpaired) electrons. The topological polar surface area (TPSA) is 41.6 Å². The van der Waals surface area contributed by atoms with Crippen molar-refractivity contribution in [2.45, 2.75) is 19.3 Å². The standard InChI is InChI=1S/C22H28N2O2/c1-26-21-9-5-8-20(16-21)22(25)23-17-19-11-14-24(15-12-19)13-10-18-6-3-2-4-7-18/h2-9,16,19H,10-15,17H2,1H3,(H,23,25). The van der Waals surface area contributed by atoms with Crippen LogP contribution in [0.4, 0.5) is 0 Å². The number of carbonyl (C=O) groups is 1. The molecule has 26 heavy (non-hydrogen) atoms. The fourth-order valence-electron chi connectivity index (χ4n) is 3.45. The number of hydrogen-bond donors (Lipinski definition) is 1. The molecule has 0 saturated carbocycles. The number of likely N-dealkylation sites (tertiary alicyclic amines) is 1. The number of ether oxygens (including phenoxy) is 1. The molecule has 1 aliphatic rings. The van der Waals surface area contributed by atoms with Crippen molar-refractivity contribution in [3.63, 3.8) is 0 Å². The van der Waals surface area contributed by atoms with Gasteiger partial charge in [-0.1, -0.05) is 36.4 Å². The fraction of sp³-hybridized carbons (Fsp3) is 0.409. The van der Waals surface area contributed by atoms with Gasteiger partial charge in [0.2, 0.25) is 0 Å². The second-order valence-electron chi connectivity index (χ2n) is 6.96. The highest BCUT2D eigenvalue weighted by atomic mass is 16.5. The average Bonchev–Trinajstić information content (AvgIpc) is 2.72. The summed E-state index contributed by atoms with van der Waals surface area (Å²) in [5, 5.41) is 3.08. The quantitative estimate of drug-likeness (QED) is 0.831. The Labute approximate surface area is 156 Å². The third kappa shape index (κ3) is 5.33. The molecule has 1 amide bonds. The van der Waals surface area contributed by atoms with Crippen molar-refractivity contribution in [1.29, 1.82) is 0 Å². The van der Waals surface area contributed by atoms with Gasteiger partial charge in [-0.2, -0.15) is 0 Å². The second kappa shape index (κ2) is 9.39. The van der Waals surface area contributed by atoms with Gasteiger partial charge in [-0.05, 0) is 62.0 Å². The lowest BCUT2D eigenvalue weighted by atomic mass is 9.96. The van der Waals surface area contributed by atoms with Gasteiger partial charge < -0.3 is 15.0 Å². The molecular weight excluding hydrogens is 324 g/mol. The van der Waals surface area contributed by atoms with E-state index in [0.29, 0.717) is 17.2 Å². The van der Waals surface area contributed by atoms with Gasteiger partial charge in [0.15, 0.2) is 0 Å². The molecule has 2 aromatic rings. The van der Waals surface area contributed by atoms with Crippen molar-refractivity contribution in [2.24, 2.45) is 5.92 Å². The summed E-state index contributed by atoms with van der Waals surface area (Å²) in [6.07, 6.45) is 3.40. The minimum Gasteiger partial charge on any atom is -0.497 e. The van der Waals surface area contributed by atoms with E-state index in [-0.39, 0.29) is 5.91 Å². The molecule has 1 N–H and O–H groups in total. The molecule has 0 aliphatic carbocycles. The van der Waals surface area contributed by atoms with Gasteiger partial charge >= 0.3 is 0 Å². The van der Waals surface area contributed by atoms with Crippen LogP contribution in [0.15, 0.2) is 54.6 Å². The minimum absolute atomic E-state index is 0.0181. The van der Waals surface area contributed by atoms with Crippen LogP contribution in [0.5, 0.6) is 5.75 Å². The number of nitrogens with one attached hydrogen (secondary N) is 1. The van der Waals surface area contributed by atoms with Crippen LogP contribution in [-0.4, -0.2) is 44.1 Å². The molecule has 1 fully saturated rings. The third-order valence-corrected chi connectivity index (χ3v) is 5.15. The Hall–Kier alpha value is -2.33. The molecule has 4 nitrogen and oxygen atoms in total. The molecule has 0 bridgehead atoms. The van der Waals surface area contributed by atoms with Gasteiger partial charge in [0.05, 0.1) is 7.11 Å². The zero-order valence-corrected chi connectivity index (χ0v) is 15.5. The first-order valence-electron chi connectivity index (χ1n) is 9.43. The summed E-state index contributed by atoms with van der Waals surface area (Å²) in [7, 11) is 1.61. The first-order valence-corrected chi connectivity index (χ1v) is 9.43. The number of methoxy groups -OCH3 is 1. The zero-order valence-electron chi connectivity index (χ0n) is 15.5. The molecule has 138 valence electrons. The van der Waals surface area contributed by atoms with Crippen LogP contribution in [0.2, 0.25) is 0 Å². The van der Waals surface area contributed by atoms with Gasteiger partial charge in [-0.3, -0.25) is 4.79 Å². The summed E-state index contributed by atoms with van der Waals surface area (Å²) in [5.74, 6) is 1.26. The van der Waals surface area contributed by atoms with E-state index in [2.05, 4.69) is 40.5 Å². The number of piperidine rings is 1. The Morgan fingerprint density at radius 1 is 1.12 bits per heavy atom. The number of carbonyl (C=O) groups excluding carboxylic acids is 1. The molecule has 1 aliphatic heterocycles. The summed E-state index contributed by atoms with van der Waals surface area (Å²) in [6.45, 7) is 4.11. The maximum Gasteiger partial charge on any atom is 0.251 e. The van der Waals surface area contributed by atoms with E-state index in [4.69, 9.17) is 4.74 Å². The Balaban J connectivity index is 1.38. The molecule has 2 aromatic carbocycles. The van der Waals surface area contributed by atoms with Crippen molar-refractivity contribution in [2.75, 3.05) is 33.3 Å². The van der Waals surface area contributed by atoms with Crippen LogP contribution in [0, 0.1) is 5.92 Å². The first kappa shape index (κ1) is 18.5. The van der Waals surface area contributed by atoms with Gasteiger partial charge in [0, 0.05) is 18.7 Å². The van der Waals surface area contributed by atoms with E-state index in [9.17, 15) is 4.79 Å². The highest BCUT2D eigenvalue weighted by Gasteiger charge is 2.19. The summed E-state index contributed by atoms with van der Waals surface area (Å²) in [5.41, 5.74) is 2.06. The number of amides is 1. The molecule has 3 rings (SSSR count). The average molecular weight is 352 g/mol. The lowest BCUT2D eigenvalue weighted by Crippen LogP contribution is -2.39. The highest BCUT2D eigenvalue weighted by Crippen LogP contribution is 2.17. The lowest BCUT2D eigenvalue weighted by molar-refractivity contribution is 0.0936. The molecule has 1 saturated heterocycles. The zero-order chi connectivity index (χ0) is 18.2. The van der Waals surface area contributed by atoms with E-state index in [0.717, 1.165) is 45.4 Å². The van der Waals surface area contributed by atoms with Crippen LogP contribution >= 0.6 is 0 Å². The highest BCUT2D eigenvalue weighted by molar-refractivity contribution is 5.94. The van der Waals surface area contributed by atoms with E-state index in [1.54, 1.807) is 13.2 Å². The summed E-state index contributed by atoms with van der Waals surface area (Å²) < 4.78 is 5.18. The van der Waals surface area contributed by atoms with Crippen LogP contribution in [0.25, 0.3) is 0 Å². The van der Waals surface area contributed by atoms with E-state index < -0.39 is 0 Å². The Morgan fingerprint density at radius 2 is 1.88 bits per heavy atom. The largest absolute Gasteiger partial charge is 0.497 e. The first-order chi connectivity index (χ1) is 12.7. The fourth-order valence-corrected chi connectivity index (χ4v) is 3.45. The van der Waals surface area contributed by atoms with Gasteiger partial charge in [-0.25, -0.2) is 0 Å². The summed E-state index contributed by atoms with van der Waals surface area (Å²) >= 11 is 0. The third-order valence-electron chi connectivity index (χ3n) is 5.15. The van der Waals surface area contributed by atoms with Gasteiger partial charge in [-0.15, -0.1) is 0 Å². The van der Waals surface area contributed by atoms with Gasteiger partial charge in [0.1, 0.15) is 5.75 Å². The maximum atomic E-state index is 12.3. The number of benzene rings is 2. The predicted octanol–water partition coefficient (Wildman–Crippen LogP) is 3.38. The number of rotatable bonds is 7. The predicted molar refractivity (Wildman–Crippen MR) is 105 cm³/mol. The van der Waals surface area contributed by atoms with E-state index >= 15 is 0 Å². The maximum absolute atomic E-state index is 12.3. The van der Waals surface area contributed by atoms with Crippen LogP contribution in [-0.2, 0) is 6.42 Å². The Kier molecular flexibility index (Phi) is 6.67. The lowest BCUT2D eigenvalue weighted by Gasteiger charge is -2.32.